The maximum Gasteiger partial charge on any atom is 0.258 e. The Balaban J connectivity index is 1.83. The second-order valence-electron chi connectivity index (χ2n) is 8.82. The Labute approximate surface area is 217 Å². The molecule has 0 bridgehead atoms. The molecular formula is C27H36N4O6. The van der Waals surface area contributed by atoms with Crippen LogP contribution < -0.4 is 14.8 Å². The molecule has 3 N–H and O–H groups in total. The summed E-state index contributed by atoms with van der Waals surface area (Å²) in [6.07, 6.45) is 1.70. The van der Waals surface area contributed by atoms with Gasteiger partial charge in [-0.15, -0.1) is 0 Å². The summed E-state index contributed by atoms with van der Waals surface area (Å²) in [6, 6.07) is 7.62. The number of pyridine rings is 1. The van der Waals surface area contributed by atoms with Crippen molar-refractivity contribution in [1.82, 2.24) is 20.4 Å². The first-order chi connectivity index (χ1) is 17.8. The number of amides is 1. The predicted octanol–water partition coefficient (Wildman–Crippen LogP) is 3.43. The third kappa shape index (κ3) is 7.05. The van der Waals surface area contributed by atoms with Crippen molar-refractivity contribution in [3.63, 3.8) is 0 Å². The maximum atomic E-state index is 11.2. The summed E-state index contributed by atoms with van der Waals surface area (Å²) in [6.45, 7) is 7.55. The van der Waals surface area contributed by atoms with Crippen molar-refractivity contribution < 1.29 is 29.0 Å². The smallest absolute Gasteiger partial charge is 0.258 e. The molecule has 2 aromatic heterocycles. The van der Waals surface area contributed by atoms with Gasteiger partial charge < -0.3 is 29.5 Å². The molecule has 0 aliphatic heterocycles. The number of aryl methyl sites for hydroxylation is 2. The molecule has 0 radical (unpaired) electrons. The van der Waals surface area contributed by atoms with Gasteiger partial charge in [-0.05, 0) is 55.5 Å². The number of hydrogen-bond donors (Lipinski definition) is 3. The fourth-order valence-electron chi connectivity index (χ4n) is 4.10. The number of benzene rings is 1. The van der Waals surface area contributed by atoms with E-state index in [1.807, 2.05) is 32.0 Å². The fourth-order valence-corrected chi connectivity index (χ4v) is 4.10. The zero-order valence-corrected chi connectivity index (χ0v) is 22.1. The van der Waals surface area contributed by atoms with E-state index in [2.05, 4.69) is 34.3 Å². The van der Waals surface area contributed by atoms with Crippen LogP contribution in [0.15, 0.2) is 28.8 Å². The first kappa shape index (κ1) is 28.1. The Morgan fingerprint density at radius 1 is 1.11 bits per heavy atom. The summed E-state index contributed by atoms with van der Waals surface area (Å²) in [5, 5.41) is 25.5. The molecular weight excluding hydrogens is 476 g/mol. The Morgan fingerprint density at radius 2 is 1.86 bits per heavy atom. The topological polar surface area (TPSA) is 140 Å². The zero-order valence-electron chi connectivity index (χ0n) is 22.1. The van der Waals surface area contributed by atoms with E-state index in [0.717, 1.165) is 40.8 Å². The van der Waals surface area contributed by atoms with Crippen molar-refractivity contribution in [2.45, 2.75) is 59.0 Å². The van der Waals surface area contributed by atoms with Crippen molar-refractivity contribution >= 4 is 5.91 Å². The first-order valence-electron chi connectivity index (χ1n) is 12.6. The number of nitrogens with one attached hydrogen (secondary N) is 1. The van der Waals surface area contributed by atoms with Crippen molar-refractivity contribution in [3.8, 4) is 34.5 Å². The summed E-state index contributed by atoms with van der Waals surface area (Å²) >= 11 is 0. The lowest BCUT2D eigenvalue weighted by Crippen LogP contribution is -2.36. The molecule has 0 aliphatic rings. The molecule has 0 spiro atoms. The standard InChI is InChI=1S/C27H36N4O6/c1-6-17(7-2)22-11-20(12-24(29-22)35-5)27-30-26(31-37-27)19-9-16(4)25(18(8-3)10-19)36-15-21(33)13-28-23(34)14-32/h9-12,17,21,32-33H,6-8,13-15H2,1-5H3,(H,28,34). The molecule has 3 rings (SSSR count). The highest BCUT2D eigenvalue weighted by Gasteiger charge is 2.19. The molecule has 2 heterocycles. The van der Waals surface area contributed by atoms with Gasteiger partial charge >= 0.3 is 0 Å². The third-order valence-corrected chi connectivity index (χ3v) is 6.20. The molecule has 1 atom stereocenters. The molecule has 0 aliphatic carbocycles. The van der Waals surface area contributed by atoms with Gasteiger partial charge in [0, 0.05) is 35.3 Å². The van der Waals surface area contributed by atoms with Crippen LogP contribution in [0.5, 0.6) is 11.6 Å². The van der Waals surface area contributed by atoms with Crippen molar-refractivity contribution in [2.75, 3.05) is 26.9 Å². The van der Waals surface area contributed by atoms with E-state index in [-0.39, 0.29) is 13.2 Å². The molecule has 0 saturated heterocycles. The van der Waals surface area contributed by atoms with Gasteiger partial charge in [0.15, 0.2) is 0 Å². The van der Waals surface area contributed by atoms with Crippen LogP contribution in [-0.4, -0.2) is 64.2 Å². The molecule has 37 heavy (non-hydrogen) atoms. The molecule has 10 nitrogen and oxygen atoms in total. The monoisotopic (exact) mass is 512 g/mol. The average molecular weight is 513 g/mol. The van der Waals surface area contributed by atoms with Crippen LogP contribution in [0, 0.1) is 6.92 Å². The molecule has 1 aromatic carbocycles. The molecule has 0 saturated carbocycles. The summed E-state index contributed by atoms with van der Waals surface area (Å²) in [7, 11) is 1.59. The van der Waals surface area contributed by atoms with E-state index in [4.69, 9.17) is 19.1 Å². The molecule has 0 fully saturated rings. The number of methoxy groups -OCH3 is 1. The van der Waals surface area contributed by atoms with Crippen molar-refractivity contribution in [1.29, 1.82) is 0 Å². The third-order valence-electron chi connectivity index (χ3n) is 6.20. The Hall–Kier alpha value is -3.50. The Kier molecular flexibility index (Phi) is 9.99. The second-order valence-corrected chi connectivity index (χ2v) is 8.82. The van der Waals surface area contributed by atoms with Crippen LogP contribution in [0.2, 0.25) is 0 Å². The number of nitrogens with zero attached hydrogens (tertiary/aromatic N) is 3. The van der Waals surface area contributed by atoms with Gasteiger partial charge in [0.1, 0.15) is 25.1 Å². The van der Waals surface area contributed by atoms with Gasteiger partial charge in [-0.2, -0.15) is 4.98 Å². The largest absolute Gasteiger partial charge is 0.490 e. The minimum Gasteiger partial charge on any atom is -0.490 e. The van der Waals surface area contributed by atoms with Gasteiger partial charge in [-0.1, -0.05) is 25.9 Å². The molecule has 1 unspecified atom stereocenters. The van der Waals surface area contributed by atoms with E-state index in [1.165, 1.54) is 0 Å². The van der Waals surface area contributed by atoms with Gasteiger partial charge in [0.05, 0.1) is 7.11 Å². The predicted molar refractivity (Wildman–Crippen MR) is 139 cm³/mol. The number of hydrogen-bond acceptors (Lipinski definition) is 9. The maximum absolute atomic E-state index is 11.2. The number of aliphatic hydroxyl groups is 2. The number of aliphatic hydroxyl groups excluding tert-OH is 2. The minimum absolute atomic E-state index is 0.00598. The lowest BCUT2D eigenvalue weighted by molar-refractivity contribution is -0.124. The van der Waals surface area contributed by atoms with Crippen LogP contribution in [0.3, 0.4) is 0 Å². The molecule has 200 valence electrons. The van der Waals surface area contributed by atoms with Crippen LogP contribution in [0.1, 0.15) is 56.4 Å². The molecule has 1 amide bonds. The lowest BCUT2D eigenvalue weighted by Gasteiger charge is -2.17. The number of ether oxygens (including phenoxy) is 2. The van der Waals surface area contributed by atoms with Crippen LogP contribution in [-0.2, 0) is 11.2 Å². The Morgan fingerprint density at radius 3 is 2.51 bits per heavy atom. The summed E-state index contributed by atoms with van der Waals surface area (Å²) in [5.41, 5.74) is 4.25. The van der Waals surface area contributed by atoms with E-state index >= 15 is 0 Å². The van der Waals surface area contributed by atoms with Gasteiger partial charge in [0.25, 0.3) is 5.89 Å². The number of carbonyl (C=O) groups excluding carboxylic acids is 1. The second kappa shape index (κ2) is 13.2. The fraction of sp³-hybridized carbons (Fsp3) is 0.481. The van der Waals surface area contributed by atoms with Crippen LogP contribution >= 0.6 is 0 Å². The number of carbonyl (C=O) groups is 1. The normalized spacial score (nSPS) is 12.0. The quantitative estimate of drug-likeness (QED) is 0.314. The summed E-state index contributed by atoms with van der Waals surface area (Å²) in [4.78, 5) is 20.4. The Bertz CT molecular complexity index is 1190. The number of aromatic nitrogens is 3. The van der Waals surface area contributed by atoms with Gasteiger partial charge in [-0.25, -0.2) is 4.98 Å². The van der Waals surface area contributed by atoms with E-state index < -0.39 is 18.6 Å². The highest BCUT2D eigenvalue weighted by molar-refractivity contribution is 5.76. The van der Waals surface area contributed by atoms with Crippen LogP contribution in [0.25, 0.3) is 22.8 Å². The van der Waals surface area contributed by atoms with Crippen molar-refractivity contribution in [2.24, 2.45) is 0 Å². The summed E-state index contributed by atoms with van der Waals surface area (Å²) in [5.74, 6) is 1.75. The van der Waals surface area contributed by atoms with Crippen molar-refractivity contribution in [3.05, 3.63) is 41.1 Å². The highest BCUT2D eigenvalue weighted by Crippen LogP contribution is 2.33. The summed E-state index contributed by atoms with van der Waals surface area (Å²) < 4.78 is 16.9. The zero-order chi connectivity index (χ0) is 26.9. The highest BCUT2D eigenvalue weighted by atomic mass is 16.5. The first-order valence-corrected chi connectivity index (χ1v) is 12.6. The number of rotatable bonds is 13. The van der Waals surface area contributed by atoms with E-state index in [9.17, 15) is 9.90 Å². The van der Waals surface area contributed by atoms with E-state index in [1.54, 1.807) is 13.2 Å². The SMILES string of the molecule is CCc1cc(-c2noc(-c3cc(OC)nc(C(CC)CC)c3)n2)cc(C)c1OCC(O)CNC(=O)CO. The van der Waals surface area contributed by atoms with Crippen LogP contribution in [0.4, 0.5) is 0 Å². The lowest BCUT2D eigenvalue weighted by atomic mass is 9.97. The van der Waals surface area contributed by atoms with Gasteiger partial charge in [0.2, 0.25) is 17.6 Å². The molecule has 10 heteroatoms. The minimum atomic E-state index is -0.915. The van der Waals surface area contributed by atoms with Gasteiger partial charge in [-0.3, -0.25) is 4.79 Å². The average Bonchev–Trinajstić information content (AvgIpc) is 3.41. The van der Waals surface area contributed by atoms with E-state index in [0.29, 0.717) is 35.7 Å². The molecule has 3 aromatic rings.